The first kappa shape index (κ1) is 25.0. The average molecular weight is 561 g/mol. The number of pyridine rings is 1. The molecule has 1 fully saturated rings. The number of benzene rings is 1. The summed E-state index contributed by atoms with van der Waals surface area (Å²) in [4.78, 5) is 21.3. The van der Waals surface area contributed by atoms with E-state index in [1.54, 1.807) is 7.05 Å². The Bertz CT molecular complexity index is 1020. The zero-order valence-corrected chi connectivity index (χ0v) is 21.7. The maximum Gasteiger partial charge on any atom is 0.194 e. The van der Waals surface area contributed by atoms with E-state index in [1.165, 1.54) is 0 Å². The molecule has 9 heteroatoms. The number of hydrogen-bond donors (Lipinski definition) is 2. The lowest BCUT2D eigenvalue weighted by atomic mass is 10.2. The van der Waals surface area contributed by atoms with Crippen molar-refractivity contribution in [3.05, 3.63) is 66.2 Å². The van der Waals surface area contributed by atoms with Crippen LogP contribution in [0.25, 0.3) is 11.3 Å². The molecule has 3 heterocycles. The fourth-order valence-corrected chi connectivity index (χ4v) is 3.81. The molecule has 4 rings (SSSR count). The minimum Gasteiger partial charge on any atom is -0.375 e. The molecule has 1 unspecified atom stereocenters. The van der Waals surface area contributed by atoms with Crippen molar-refractivity contribution in [3.8, 4) is 11.3 Å². The summed E-state index contributed by atoms with van der Waals surface area (Å²) in [6, 6.07) is 14.4. The van der Waals surface area contributed by atoms with Crippen molar-refractivity contribution >= 4 is 35.8 Å². The van der Waals surface area contributed by atoms with Crippen LogP contribution in [0.2, 0.25) is 0 Å². The molecular weight excluding hydrogens is 529 g/mol. The zero-order valence-electron chi connectivity index (χ0n) is 19.4. The highest BCUT2D eigenvalue weighted by molar-refractivity contribution is 14.0. The molecule has 2 aromatic heterocycles. The number of aromatic nitrogens is 3. The number of aliphatic imine (C=N–C) groups is 1. The van der Waals surface area contributed by atoms with Gasteiger partial charge in [0.15, 0.2) is 5.96 Å². The standard InChI is InChI=1S/C24H31N7O.HI/c1-18-16-31(11-12-32-18)23-10-9-19(13-27-23)14-28-24(25-2)30(3)17-22-26-15-21(29-22)20-7-5-4-6-8-20;/h4-10,13,15,18H,11-12,14,16-17H2,1-3H3,(H,25,28)(H,26,29);1H. The van der Waals surface area contributed by atoms with E-state index in [4.69, 9.17) is 4.74 Å². The Labute approximate surface area is 212 Å². The van der Waals surface area contributed by atoms with E-state index in [0.717, 1.165) is 54.1 Å². The van der Waals surface area contributed by atoms with E-state index in [0.29, 0.717) is 13.1 Å². The fourth-order valence-electron chi connectivity index (χ4n) is 3.81. The lowest BCUT2D eigenvalue weighted by molar-refractivity contribution is 0.0529. The van der Waals surface area contributed by atoms with Crippen molar-refractivity contribution in [1.82, 2.24) is 25.2 Å². The number of nitrogens with one attached hydrogen (secondary N) is 2. The van der Waals surface area contributed by atoms with E-state index in [9.17, 15) is 0 Å². The van der Waals surface area contributed by atoms with E-state index in [2.05, 4.69) is 61.4 Å². The van der Waals surface area contributed by atoms with Gasteiger partial charge < -0.3 is 24.8 Å². The van der Waals surface area contributed by atoms with E-state index in [-0.39, 0.29) is 30.1 Å². The van der Waals surface area contributed by atoms with Gasteiger partial charge in [0.05, 0.1) is 31.1 Å². The molecule has 1 saturated heterocycles. The van der Waals surface area contributed by atoms with Gasteiger partial charge in [-0.25, -0.2) is 9.97 Å². The van der Waals surface area contributed by atoms with Gasteiger partial charge in [-0.3, -0.25) is 4.99 Å². The molecule has 0 spiro atoms. The quantitative estimate of drug-likeness (QED) is 0.273. The normalized spacial score (nSPS) is 16.3. The van der Waals surface area contributed by atoms with E-state index in [1.807, 2.05) is 42.5 Å². The Kier molecular flexibility index (Phi) is 9.07. The number of hydrogen-bond acceptors (Lipinski definition) is 5. The molecule has 0 saturated carbocycles. The van der Waals surface area contributed by atoms with Crippen molar-refractivity contribution in [3.63, 3.8) is 0 Å². The van der Waals surface area contributed by atoms with Gasteiger partial charge in [0.2, 0.25) is 0 Å². The van der Waals surface area contributed by atoms with Crippen LogP contribution in [0.4, 0.5) is 5.82 Å². The third-order valence-corrected chi connectivity index (χ3v) is 5.50. The number of guanidine groups is 1. The lowest BCUT2D eigenvalue weighted by Gasteiger charge is -2.32. The lowest BCUT2D eigenvalue weighted by Crippen LogP contribution is -2.41. The van der Waals surface area contributed by atoms with Gasteiger partial charge in [0.1, 0.15) is 11.6 Å². The van der Waals surface area contributed by atoms with Gasteiger partial charge >= 0.3 is 0 Å². The van der Waals surface area contributed by atoms with Crippen molar-refractivity contribution in [2.75, 3.05) is 38.7 Å². The van der Waals surface area contributed by atoms with Gasteiger partial charge in [0, 0.05) is 39.9 Å². The molecule has 3 aromatic rings. The summed E-state index contributed by atoms with van der Waals surface area (Å²) >= 11 is 0. The number of aromatic amines is 1. The smallest absolute Gasteiger partial charge is 0.194 e. The molecule has 0 radical (unpaired) electrons. The summed E-state index contributed by atoms with van der Waals surface area (Å²) in [6.45, 7) is 5.87. The highest BCUT2D eigenvalue weighted by Crippen LogP contribution is 2.17. The maximum absolute atomic E-state index is 5.62. The first-order valence-electron chi connectivity index (χ1n) is 10.9. The minimum atomic E-state index is 0. The Morgan fingerprint density at radius 3 is 2.73 bits per heavy atom. The fraction of sp³-hybridized carbons (Fsp3) is 0.375. The van der Waals surface area contributed by atoms with Crippen LogP contribution in [0.5, 0.6) is 0 Å². The first-order valence-corrected chi connectivity index (χ1v) is 10.9. The van der Waals surface area contributed by atoms with Crippen LogP contribution in [0.15, 0.2) is 59.9 Å². The molecule has 33 heavy (non-hydrogen) atoms. The van der Waals surface area contributed by atoms with Gasteiger partial charge in [-0.05, 0) is 24.1 Å². The number of rotatable bonds is 6. The molecule has 8 nitrogen and oxygen atoms in total. The van der Waals surface area contributed by atoms with Gasteiger partial charge in [-0.2, -0.15) is 0 Å². The number of halogens is 1. The maximum atomic E-state index is 5.62. The Morgan fingerprint density at radius 2 is 2.03 bits per heavy atom. The highest BCUT2D eigenvalue weighted by atomic mass is 127. The summed E-state index contributed by atoms with van der Waals surface area (Å²) in [5, 5.41) is 3.41. The third-order valence-electron chi connectivity index (χ3n) is 5.50. The first-order chi connectivity index (χ1) is 15.6. The van der Waals surface area contributed by atoms with Crippen molar-refractivity contribution < 1.29 is 4.74 Å². The molecule has 2 N–H and O–H groups in total. The molecule has 176 valence electrons. The molecule has 0 aliphatic carbocycles. The van der Waals surface area contributed by atoms with Crippen LogP contribution in [0, 0.1) is 0 Å². The van der Waals surface area contributed by atoms with Crippen LogP contribution < -0.4 is 10.2 Å². The largest absolute Gasteiger partial charge is 0.375 e. The zero-order chi connectivity index (χ0) is 22.3. The predicted octanol–water partition coefficient (Wildman–Crippen LogP) is 3.52. The van der Waals surface area contributed by atoms with Crippen LogP contribution in [0.1, 0.15) is 18.3 Å². The molecule has 1 aliphatic heterocycles. The number of imidazole rings is 1. The number of anilines is 1. The SMILES string of the molecule is CN=C(NCc1ccc(N2CCOC(C)C2)nc1)N(C)Cc1ncc(-c2ccccc2)[nH]1.I. The second-order valence-corrected chi connectivity index (χ2v) is 8.02. The molecule has 0 bridgehead atoms. The van der Waals surface area contributed by atoms with Crippen molar-refractivity contribution in [2.45, 2.75) is 26.1 Å². The summed E-state index contributed by atoms with van der Waals surface area (Å²) in [5.41, 5.74) is 3.24. The van der Waals surface area contributed by atoms with Gasteiger partial charge in [0.25, 0.3) is 0 Å². The number of ether oxygens (including phenoxy) is 1. The molecule has 1 aromatic carbocycles. The van der Waals surface area contributed by atoms with E-state index >= 15 is 0 Å². The van der Waals surface area contributed by atoms with E-state index < -0.39 is 0 Å². The Balaban J connectivity index is 0.00000306. The van der Waals surface area contributed by atoms with Crippen molar-refractivity contribution in [2.24, 2.45) is 4.99 Å². The number of H-pyrrole nitrogens is 1. The molecule has 0 amide bonds. The summed E-state index contributed by atoms with van der Waals surface area (Å²) in [5.74, 6) is 2.69. The summed E-state index contributed by atoms with van der Waals surface area (Å²) < 4.78 is 5.62. The summed E-state index contributed by atoms with van der Waals surface area (Å²) in [7, 11) is 3.79. The second-order valence-electron chi connectivity index (χ2n) is 8.02. The van der Waals surface area contributed by atoms with Crippen LogP contribution in [-0.4, -0.2) is 65.7 Å². The van der Waals surface area contributed by atoms with Crippen molar-refractivity contribution in [1.29, 1.82) is 0 Å². The van der Waals surface area contributed by atoms with Gasteiger partial charge in [-0.15, -0.1) is 24.0 Å². The Morgan fingerprint density at radius 1 is 1.21 bits per heavy atom. The topological polar surface area (TPSA) is 81.7 Å². The third kappa shape index (κ3) is 6.67. The predicted molar refractivity (Wildman–Crippen MR) is 143 cm³/mol. The number of morpholine rings is 1. The average Bonchev–Trinajstić information content (AvgIpc) is 3.29. The Hall–Kier alpha value is -2.66. The number of nitrogens with zero attached hydrogens (tertiary/aromatic N) is 5. The highest BCUT2D eigenvalue weighted by Gasteiger charge is 2.17. The molecule has 1 aliphatic rings. The minimum absolute atomic E-state index is 0. The molecular formula is C24H32IN7O. The second kappa shape index (κ2) is 12.0. The van der Waals surface area contributed by atoms with Gasteiger partial charge in [-0.1, -0.05) is 36.4 Å². The molecule has 1 atom stereocenters. The summed E-state index contributed by atoms with van der Waals surface area (Å²) in [6.07, 6.45) is 4.04. The monoisotopic (exact) mass is 561 g/mol. The van der Waals surface area contributed by atoms with Crippen LogP contribution in [-0.2, 0) is 17.8 Å². The van der Waals surface area contributed by atoms with Crippen LogP contribution >= 0.6 is 24.0 Å². The van der Waals surface area contributed by atoms with Crippen LogP contribution in [0.3, 0.4) is 0 Å².